The average Bonchev–Trinajstić information content (AvgIpc) is 4.06. The molecule has 14 fully saturated rings. The smallest absolute Gasteiger partial charge is 0.300 e. The molecule has 29 atom stereocenters. The van der Waals surface area contributed by atoms with E-state index in [-0.39, 0.29) is 81.6 Å². The molecule has 2 saturated heterocycles. The lowest BCUT2D eigenvalue weighted by Crippen LogP contribution is -2.64. The van der Waals surface area contributed by atoms with E-state index in [1.807, 2.05) is 0 Å². The van der Waals surface area contributed by atoms with Gasteiger partial charge in [-0.25, -0.2) is 0 Å². The molecule has 0 radical (unpaired) electrons. The molecule has 450 valence electrons. The van der Waals surface area contributed by atoms with E-state index in [1.54, 1.807) is 0 Å². The topological polar surface area (TPSA) is 250 Å². The van der Waals surface area contributed by atoms with Gasteiger partial charge in [0.1, 0.15) is 5.78 Å². The van der Waals surface area contributed by atoms with Crippen LogP contribution in [0, 0.1) is 104 Å². The Labute approximate surface area is 474 Å². The standard InChI is InChI=1S/C22H37NO3.C22H35NO3.C19H33NO3.C2H4O2/c2*1-20(2)25-18-15-11-12(23)7-9-21(15,3)14-8-10-22(4)13(5-6-16(22)24)17(14)19(18)26-20;1-18-7-5-10(20)9-13(18)16(22)17(23)15-11-3-4-14(21)19(11,2)8-6-12(15)18;1-2(3)4/h12-19,24H,5-11,23H2,1-4H3;12-15,17-19H,5-11,23H2,1-4H3;10-17,21-23H,3-9,20H2,1-2H3;1H3,(H,3,4)/t12-,13?,14?,15?,16+,17?,18-,19-,21-,22+;12-,13?,14?,15?,17?,18-,19-,21-,22+;10-,11?,12?,13?,14+,15?,16-,17-,18-,19+;/m111./s1. The van der Waals surface area contributed by atoms with Gasteiger partial charge in [0.15, 0.2) is 11.6 Å². The lowest BCUT2D eigenvalue weighted by atomic mass is 9.43. The van der Waals surface area contributed by atoms with Crippen molar-refractivity contribution < 1.29 is 54.1 Å². The SMILES string of the molecule is CC(=O)O.CC1(C)O[C@@H]2C3C(CC[C@@]4(C)C3CC[C@@H]4O)[C@@]3(C)CC[C@@H](N)CC3[C@H]2O1.CC1(C)O[C@@H]2C3C(CC[C@]4(C)C(=O)CCC34)[C@@]3(C)CC[C@@H](N)CC3[C@H]2O1.C[C@]12CC[C@@H](N)CC1[C@@H](O)[C@H](O)C1C2CC[C@@]2(C)C1CC[C@@H]2O. The maximum atomic E-state index is 12.7. The van der Waals surface area contributed by atoms with Crippen molar-refractivity contribution in [1.29, 1.82) is 0 Å². The van der Waals surface area contributed by atoms with Gasteiger partial charge in [0, 0.05) is 36.9 Å². The van der Waals surface area contributed by atoms with Crippen LogP contribution < -0.4 is 17.2 Å². The van der Waals surface area contributed by atoms with Crippen LogP contribution in [0.1, 0.15) is 211 Å². The Morgan fingerprint density at radius 1 is 0.418 bits per heavy atom. The Balaban J connectivity index is 0.000000121. The van der Waals surface area contributed by atoms with E-state index in [4.69, 9.17) is 46.0 Å². The molecule has 0 aromatic carbocycles. The number of fused-ring (bicyclic) bond motifs is 21. The van der Waals surface area contributed by atoms with E-state index in [1.165, 1.54) is 25.7 Å². The molecule has 14 nitrogen and oxygen atoms in total. The van der Waals surface area contributed by atoms with Gasteiger partial charge in [0.25, 0.3) is 5.97 Å². The summed E-state index contributed by atoms with van der Waals surface area (Å²) in [5.74, 6) is 4.03. The van der Waals surface area contributed by atoms with Crippen LogP contribution in [0.3, 0.4) is 0 Å². The van der Waals surface area contributed by atoms with E-state index < -0.39 is 29.8 Å². The van der Waals surface area contributed by atoms with Gasteiger partial charge in [-0.05, 0) is 254 Å². The lowest BCUT2D eigenvalue weighted by Gasteiger charge is -2.63. The zero-order valence-corrected chi connectivity index (χ0v) is 50.5. The molecule has 14 rings (SSSR count). The number of nitrogens with two attached hydrogens (primary N) is 3. The van der Waals surface area contributed by atoms with E-state index in [0.717, 1.165) is 116 Å². The molecule has 12 saturated carbocycles. The van der Waals surface area contributed by atoms with Crippen molar-refractivity contribution in [2.24, 2.45) is 121 Å². The molecule has 0 aromatic heterocycles. The van der Waals surface area contributed by atoms with Gasteiger partial charge < -0.3 is 61.7 Å². The molecule has 2 aliphatic heterocycles. The first-order valence-electron chi connectivity index (χ1n) is 32.3. The second-order valence-corrected chi connectivity index (χ2v) is 32.1. The fourth-order valence-corrected chi connectivity index (χ4v) is 23.4. The number of aliphatic hydroxyl groups is 4. The predicted molar refractivity (Wildman–Crippen MR) is 301 cm³/mol. The Bertz CT molecular complexity index is 2280. The second kappa shape index (κ2) is 20.4. The summed E-state index contributed by atoms with van der Waals surface area (Å²) in [6.45, 7) is 23.5. The molecule has 14 aliphatic rings. The monoisotopic (exact) mass is 1110 g/mol. The summed E-state index contributed by atoms with van der Waals surface area (Å²) in [5.41, 5.74) is 19.5. The number of rotatable bonds is 0. The van der Waals surface area contributed by atoms with Gasteiger partial charge in [0.05, 0.1) is 48.8 Å². The van der Waals surface area contributed by atoms with Gasteiger partial charge >= 0.3 is 0 Å². The van der Waals surface area contributed by atoms with Crippen molar-refractivity contribution >= 4 is 11.8 Å². The number of Topliss-reactive ketones (excluding diaryl/α,β-unsaturated/α-hetero) is 1. The molecule has 14 heteroatoms. The number of carbonyl (C=O) groups is 2. The molecular formula is C65H109N3O11. The Morgan fingerprint density at radius 2 is 0.759 bits per heavy atom. The number of aliphatic carboxylic acids is 1. The average molecular weight is 1110 g/mol. The Hall–Kier alpha value is -1.30. The summed E-state index contributed by atoms with van der Waals surface area (Å²) in [4.78, 5) is 21.7. The first kappa shape index (κ1) is 59.4. The van der Waals surface area contributed by atoms with Crippen molar-refractivity contribution in [3.05, 3.63) is 0 Å². The normalized spacial score (nSPS) is 57.5. The third-order valence-electron chi connectivity index (χ3n) is 27.6. The Morgan fingerprint density at radius 3 is 1.22 bits per heavy atom. The van der Waals surface area contributed by atoms with Gasteiger partial charge in [0.2, 0.25) is 0 Å². The van der Waals surface area contributed by atoms with Gasteiger partial charge in [-0.1, -0.05) is 41.5 Å². The summed E-state index contributed by atoms with van der Waals surface area (Å²) in [5, 5.41) is 50.6. The molecule has 2 heterocycles. The highest BCUT2D eigenvalue weighted by molar-refractivity contribution is 5.87. The third kappa shape index (κ3) is 9.37. The molecule has 12 aliphatic carbocycles. The van der Waals surface area contributed by atoms with Gasteiger partial charge in [-0.15, -0.1) is 0 Å². The Kier molecular flexibility index (Phi) is 15.4. The summed E-state index contributed by atoms with van der Waals surface area (Å²) >= 11 is 0. The van der Waals surface area contributed by atoms with Crippen molar-refractivity contribution in [2.75, 3.05) is 0 Å². The van der Waals surface area contributed by atoms with Gasteiger partial charge in [-0.3, -0.25) is 9.59 Å². The fourth-order valence-electron chi connectivity index (χ4n) is 23.4. The highest BCUT2D eigenvalue weighted by Gasteiger charge is 2.71. The minimum Gasteiger partial charge on any atom is -0.481 e. The summed E-state index contributed by atoms with van der Waals surface area (Å²) in [6, 6.07) is 0.757. The largest absolute Gasteiger partial charge is 0.481 e. The molecule has 12 unspecified atom stereocenters. The zero-order valence-electron chi connectivity index (χ0n) is 50.5. The van der Waals surface area contributed by atoms with Crippen molar-refractivity contribution in [3.8, 4) is 0 Å². The minimum absolute atomic E-state index is 0.0656. The first-order valence-corrected chi connectivity index (χ1v) is 32.3. The summed E-state index contributed by atoms with van der Waals surface area (Å²) in [7, 11) is 0. The molecule has 79 heavy (non-hydrogen) atoms. The van der Waals surface area contributed by atoms with Crippen LogP contribution in [-0.2, 0) is 28.5 Å². The van der Waals surface area contributed by atoms with Crippen LogP contribution in [0.15, 0.2) is 0 Å². The number of aliphatic hydroxyl groups excluding tert-OH is 4. The zero-order chi connectivity index (χ0) is 57.1. The fraction of sp³-hybridized carbons (Fsp3) is 0.969. The molecule has 0 bridgehead atoms. The van der Waals surface area contributed by atoms with Crippen LogP contribution in [0.5, 0.6) is 0 Å². The van der Waals surface area contributed by atoms with Crippen molar-refractivity contribution in [3.63, 3.8) is 0 Å². The maximum absolute atomic E-state index is 12.7. The second-order valence-electron chi connectivity index (χ2n) is 32.1. The maximum Gasteiger partial charge on any atom is 0.300 e. The number of carboxylic acids is 1. The lowest BCUT2D eigenvalue weighted by molar-refractivity contribution is -0.217. The molecule has 0 spiro atoms. The number of carbonyl (C=O) groups excluding carboxylic acids is 1. The minimum atomic E-state index is -0.833. The molecule has 0 aromatic rings. The van der Waals surface area contributed by atoms with E-state index in [2.05, 4.69) is 69.2 Å². The van der Waals surface area contributed by atoms with E-state index in [9.17, 15) is 25.2 Å². The van der Waals surface area contributed by atoms with Crippen LogP contribution >= 0.6 is 0 Å². The number of hydrogen-bond donors (Lipinski definition) is 8. The van der Waals surface area contributed by atoms with Crippen LogP contribution in [0.2, 0.25) is 0 Å². The highest BCUT2D eigenvalue weighted by atomic mass is 16.8. The van der Waals surface area contributed by atoms with Crippen LogP contribution in [0.4, 0.5) is 0 Å². The van der Waals surface area contributed by atoms with Gasteiger partial charge in [-0.2, -0.15) is 0 Å². The highest BCUT2D eigenvalue weighted by Crippen LogP contribution is 2.71. The van der Waals surface area contributed by atoms with Crippen molar-refractivity contribution in [1.82, 2.24) is 0 Å². The van der Waals surface area contributed by atoms with E-state index >= 15 is 0 Å². The quantitative estimate of drug-likeness (QED) is 0.113. The first-order chi connectivity index (χ1) is 36.8. The number of ketones is 1. The van der Waals surface area contributed by atoms with Crippen LogP contribution in [-0.4, -0.2) is 116 Å². The number of ether oxygens (including phenoxy) is 4. The molecule has 0 amide bonds. The van der Waals surface area contributed by atoms with Crippen LogP contribution in [0.25, 0.3) is 0 Å². The summed E-state index contributed by atoms with van der Waals surface area (Å²) < 4.78 is 26.2. The predicted octanol–water partition coefficient (Wildman–Crippen LogP) is 8.87. The third-order valence-corrected chi connectivity index (χ3v) is 27.6. The summed E-state index contributed by atoms with van der Waals surface area (Å²) in [6.07, 6.45) is 21.1. The number of carboxylic acid groups (broad SMARTS) is 1. The number of hydrogen-bond acceptors (Lipinski definition) is 13. The van der Waals surface area contributed by atoms with Crippen molar-refractivity contribution in [2.45, 2.75) is 290 Å². The van der Waals surface area contributed by atoms with E-state index in [0.29, 0.717) is 82.5 Å². The molecular weight excluding hydrogens is 999 g/mol. The molecule has 11 N–H and O–H groups in total.